The molecule has 0 saturated heterocycles. The SMILES string of the molecule is Nc1nccn2c1c(C1Cc3ccccc3N1)nc2[C@H]1CC[C@H](CNC(=O)c2cccc(OC(F)(F)F)c2)CC1. The van der Waals surface area contributed by atoms with Gasteiger partial charge in [0.25, 0.3) is 5.91 Å². The monoisotopic (exact) mass is 550 g/mol. The molecule has 8 nitrogen and oxygen atoms in total. The van der Waals surface area contributed by atoms with Crippen molar-refractivity contribution in [2.24, 2.45) is 5.92 Å². The van der Waals surface area contributed by atoms with Gasteiger partial charge in [-0.05, 0) is 61.4 Å². The van der Waals surface area contributed by atoms with Gasteiger partial charge in [0, 0.05) is 42.5 Å². The molecule has 2 aliphatic rings. The second-order valence-corrected chi connectivity index (χ2v) is 10.4. The van der Waals surface area contributed by atoms with E-state index in [2.05, 4.69) is 36.9 Å². The van der Waals surface area contributed by atoms with E-state index in [4.69, 9.17) is 10.7 Å². The minimum absolute atomic E-state index is 0.0132. The first-order valence-electron chi connectivity index (χ1n) is 13.4. The predicted octanol–water partition coefficient (Wildman–Crippen LogP) is 5.62. The number of rotatable bonds is 6. The number of hydrogen-bond donors (Lipinski definition) is 3. The average molecular weight is 551 g/mol. The van der Waals surface area contributed by atoms with Crippen LogP contribution in [0.15, 0.2) is 60.9 Å². The van der Waals surface area contributed by atoms with Crippen LogP contribution in [0.4, 0.5) is 24.7 Å². The molecule has 6 rings (SSSR count). The van der Waals surface area contributed by atoms with Gasteiger partial charge in [-0.2, -0.15) is 0 Å². The van der Waals surface area contributed by atoms with Crippen LogP contribution in [-0.4, -0.2) is 33.2 Å². The van der Waals surface area contributed by atoms with Crippen molar-refractivity contribution < 1.29 is 22.7 Å². The minimum Gasteiger partial charge on any atom is -0.406 e. The molecule has 0 spiro atoms. The van der Waals surface area contributed by atoms with Crippen LogP contribution in [0.1, 0.15) is 65.1 Å². The van der Waals surface area contributed by atoms with Crippen molar-refractivity contribution in [3.63, 3.8) is 0 Å². The molecule has 0 bridgehead atoms. The number of benzene rings is 2. The van der Waals surface area contributed by atoms with Gasteiger partial charge in [0.1, 0.15) is 22.9 Å². The molecule has 0 radical (unpaired) electrons. The number of halogens is 3. The largest absolute Gasteiger partial charge is 0.573 e. The number of nitrogens with two attached hydrogens (primary N) is 1. The summed E-state index contributed by atoms with van der Waals surface area (Å²) in [6, 6.07) is 13.4. The van der Waals surface area contributed by atoms with E-state index in [0.29, 0.717) is 12.4 Å². The molecule has 1 saturated carbocycles. The summed E-state index contributed by atoms with van der Waals surface area (Å²) in [6.45, 7) is 0.449. The van der Waals surface area contributed by atoms with Gasteiger partial charge in [-0.3, -0.25) is 9.20 Å². The molecule has 1 atom stereocenters. The van der Waals surface area contributed by atoms with E-state index in [9.17, 15) is 18.0 Å². The second-order valence-electron chi connectivity index (χ2n) is 10.4. The number of amides is 1. The lowest BCUT2D eigenvalue weighted by Crippen LogP contribution is -2.31. The number of para-hydroxylation sites is 1. The Bertz CT molecular complexity index is 1520. The van der Waals surface area contributed by atoms with Crippen LogP contribution in [0.2, 0.25) is 0 Å². The van der Waals surface area contributed by atoms with Gasteiger partial charge in [0.15, 0.2) is 0 Å². The van der Waals surface area contributed by atoms with Gasteiger partial charge >= 0.3 is 6.36 Å². The van der Waals surface area contributed by atoms with Crippen molar-refractivity contribution in [2.45, 2.75) is 50.4 Å². The fourth-order valence-electron chi connectivity index (χ4n) is 5.91. The smallest absolute Gasteiger partial charge is 0.406 e. The van der Waals surface area contributed by atoms with E-state index in [1.807, 2.05) is 18.3 Å². The van der Waals surface area contributed by atoms with Gasteiger partial charge in [-0.25, -0.2) is 9.97 Å². The molecule has 4 N–H and O–H groups in total. The highest BCUT2D eigenvalue weighted by Crippen LogP contribution is 2.40. The van der Waals surface area contributed by atoms with Crippen LogP contribution in [0, 0.1) is 5.92 Å². The first-order chi connectivity index (χ1) is 19.2. The van der Waals surface area contributed by atoms with E-state index in [1.165, 1.54) is 23.8 Å². The zero-order valence-corrected chi connectivity index (χ0v) is 21.6. The quantitative estimate of drug-likeness (QED) is 0.288. The number of aromatic nitrogens is 3. The number of imidazole rings is 1. The Labute approximate surface area is 228 Å². The van der Waals surface area contributed by atoms with Gasteiger partial charge < -0.3 is 21.1 Å². The Morgan fingerprint density at radius 1 is 1.12 bits per heavy atom. The number of hydrogen-bond acceptors (Lipinski definition) is 6. The number of nitrogens with one attached hydrogen (secondary N) is 2. The first kappa shape index (κ1) is 26.0. The summed E-state index contributed by atoms with van der Waals surface area (Å²) in [5.74, 6) is 1.08. The molecule has 1 unspecified atom stereocenters. The highest BCUT2D eigenvalue weighted by Gasteiger charge is 2.33. The zero-order valence-electron chi connectivity index (χ0n) is 21.6. The van der Waals surface area contributed by atoms with E-state index < -0.39 is 18.0 Å². The highest BCUT2D eigenvalue weighted by atomic mass is 19.4. The molecule has 1 aliphatic heterocycles. The average Bonchev–Trinajstić information content (AvgIpc) is 3.54. The van der Waals surface area contributed by atoms with Gasteiger partial charge in [0.05, 0.1) is 11.7 Å². The molecule has 4 aromatic rings. The van der Waals surface area contributed by atoms with Gasteiger partial charge in [0.2, 0.25) is 0 Å². The second kappa shape index (κ2) is 10.4. The van der Waals surface area contributed by atoms with E-state index in [1.54, 1.807) is 6.20 Å². The summed E-state index contributed by atoms with van der Waals surface area (Å²) in [7, 11) is 0. The molecule has 40 heavy (non-hydrogen) atoms. The van der Waals surface area contributed by atoms with Crippen molar-refractivity contribution >= 4 is 22.9 Å². The normalized spacial score (nSPS) is 20.6. The topological polar surface area (TPSA) is 107 Å². The van der Waals surface area contributed by atoms with Crippen molar-refractivity contribution in [3.05, 3.63) is 83.6 Å². The Morgan fingerprint density at radius 2 is 1.93 bits per heavy atom. The van der Waals surface area contributed by atoms with E-state index >= 15 is 0 Å². The third-order valence-corrected chi connectivity index (χ3v) is 7.83. The van der Waals surface area contributed by atoms with Crippen LogP contribution in [0.5, 0.6) is 5.75 Å². The van der Waals surface area contributed by atoms with Crippen LogP contribution in [-0.2, 0) is 6.42 Å². The Balaban J connectivity index is 1.11. The summed E-state index contributed by atoms with van der Waals surface area (Å²) in [5.41, 5.74) is 10.6. The molecule has 11 heteroatoms. The molecule has 1 aliphatic carbocycles. The number of ether oxygens (including phenoxy) is 1. The predicted molar refractivity (Wildman–Crippen MR) is 144 cm³/mol. The number of carbonyl (C=O) groups is 1. The lowest BCUT2D eigenvalue weighted by molar-refractivity contribution is -0.274. The van der Waals surface area contributed by atoms with E-state index in [-0.39, 0.29) is 23.4 Å². The highest BCUT2D eigenvalue weighted by molar-refractivity contribution is 5.94. The molecule has 3 heterocycles. The molecule has 1 fully saturated rings. The van der Waals surface area contributed by atoms with Crippen molar-refractivity contribution in [3.8, 4) is 5.75 Å². The molecular formula is C29H29F3N6O2. The Morgan fingerprint density at radius 3 is 2.70 bits per heavy atom. The fraction of sp³-hybridized carbons (Fsp3) is 0.345. The lowest BCUT2D eigenvalue weighted by Gasteiger charge is -2.28. The first-order valence-corrected chi connectivity index (χ1v) is 13.4. The molecule has 208 valence electrons. The maximum atomic E-state index is 12.6. The standard InChI is InChI=1S/C29H29F3N6O2/c30-29(31,32)40-21-6-3-5-20(14-21)28(39)35-16-17-8-10-18(11-9-17)27-37-24(25-26(33)34-12-13-38(25)27)23-15-19-4-1-2-7-22(19)36-23/h1-7,12-14,17-18,23,36H,8-11,15-16H2,(H2,33,34)(H,35,39)/t17-,18-,23?. The lowest BCUT2D eigenvalue weighted by atomic mass is 9.81. The minimum atomic E-state index is -4.81. The van der Waals surface area contributed by atoms with Crippen LogP contribution < -0.4 is 21.1 Å². The third kappa shape index (κ3) is 5.28. The van der Waals surface area contributed by atoms with Crippen LogP contribution in [0.25, 0.3) is 5.52 Å². The number of alkyl halides is 3. The number of nitrogen functional groups attached to an aromatic ring is 1. The third-order valence-electron chi connectivity index (χ3n) is 7.83. The van der Waals surface area contributed by atoms with Crippen molar-refractivity contribution in [1.82, 2.24) is 19.7 Å². The van der Waals surface area contributed by atoms with Gasteiger partial charge in [-0.15, -0.1) is 13.2 Å². The van der Waals surface area contributed by atoms with Gasteiger partial charge in [-0.1, -0.05) is 24.3 Å². The molecule has 1 amide bonds. The molecule has 2 aromatic heterocycles. The van der Waals surface area contributed by atoms with Crippen molar-refractivity contribution in [1.29, 1.82) is 0 Å². The summed E-state index contributed by atoms with van der Waals surface area (Å²) < 4.78 is 43.6. The fourth-order valence-corrected chi connectivity index (χ4v) is 5.91. The Hall–Kier alpha value is -4.28. The number of nitrogens with zero attached hydrogens (tertiary/aromatic N) is 3. The maximum Gasteiger partial charge on any atom is 0.573 e. The summed E-state index contributed by atoms with van der Waals surface area (Å²) in [4.78, 5) is 22.1. The van der Waals surface area contributed by atoms with Crippen molar-refractivity contribution in [2.75, 3.05) is 17.6 Å². The number of carbonyl (C=O) groups excluding carboxylic acids is 1. The van der Waals surface area contributed by atoms with Crippen LogP contribution >= 0.6 is 0 Å². The zero-order chi connectivity index (χ0) is 27.9. The summed E-state index contributed by atoms with van der Waals surface area (Å²) in [6.07, 6.45) is 3.21. The summed E-state index contributed by atoms with van der Waals surface area (Å²) >= 11 is 0. The Kier molecular flexibility index (Phi) is 6.73. The van der Waals surface area contributed by atoms with Crippen LogP contribution in [0.3, 0.4) is 0 Å². The molecule has 2 aromatic carbocycles. The molecular weight excluding hydrogens is 521 g/mol. The number of anilines is 2. The number of fused-ring (bicyclic) bond motifs is 2. The van der Waals surface area contributed by atoms with E-state index in [0.717, 1.165) is 60.9 Å². The summed E-state index contributed by atoms with van der Waals surface area (Å²) in [5, 5.41) is 6.46. The maximum absolute atomic E-state index is 12.6.